The van der Waals surface area contributed by atoms with Crippen LogP contribution in [0.5, 0.6) is 0 Å². The lowest BCUT2D eigenvalue weighted by molar-refractivity contribution is 0.131. The second-order valence-electron chi connectivity index (χ2n) is 9.18. The predicted octanol–water partition coefficient (Wildman–Crippen LogP) is 3.23. The molecular weight excluding hydrogens is 457 g/mol. The van der Waals surface area contributed by atoms with Crippen LogP contribution in [-0.2, 0) is 6.54 Å². The number of nitrogens with one attached hydrogen (secondary N) is 1. The van der Waals surface area contributed by atoms with Gasteiger partial charge in [-0.2, -0.15) is 5.26 Å². The minimum Gasteiger partial charge on any atom is -0.352 e. The smallest absolute Gasteiger partial charge is 0.227 e. The zero-order valence-electron chi connectivity index (χ0n) is 20.4. The van der Waals surface area contributed by atoms with E-state index >= 15 is 0 Å². The van der Waals surface area contributed by atoms with Crippen molar-refractivity contribution in [1.82, 2.24) is 29.7 Å². The molecule has 5 rings (SSSR count). The second kappa shape index (κ2) is 10.9. The Labute approximate surface area is 210 Å². The van der Waals surface area contributed by atoms with E-state index in [1.807, 2.05) is 17.0 Å². The van der Waals surface area contributed by atoms with E-state index in [1.54, 1.807) is 30.7 Å². The summed E-state index contributed by atoms with van der Waals surface area (Å²) < 4.78 is 13.6. The first kappa shape index (κ1) is 24.0. The van der Waals surface area contributed by atoms with Gasteiger partial charge in [0.25, 0.3) is 0 Å². The van der Waals surface area contributed by atoms with Crippen molar-refractivity contribution in [1.29, 1.82) is 5.26 Å². The van der Waals surface area contributed by atoms with E-state index in [2.05, 4.69) is 48.0 Å². The fourth-order valence-corrected chi connectivity index (χ4v) is 4.64. The van der Waals surface area contributed by atoms with Crippen LogP contribution >= 0.6 is 0 Å². The lowest BCUT2D eigenvalue weighted by Gasteiger charge is -2.33. The van der Waals surface area contributed by atoms with E-state index in [0.29, 0.717) is 41.6 Å². The number of alkyl halides is 1. The van der Waals surface area contributed by atoms with Crippen LogP contribution in [0.25, 0.3) is 11.3 Å². The molecular formula is C26H30FN9. The summed E-state index contributed by atoms with van der Waals surface area (Å²) in [6.45, 7) is 9.33. The molecule has 1 atom stereocenters. The highest BCUT2D eigenvalue weighted by molar-refractivity contribution is 5.67. The number of rotatable bonds is 7. The maximum atomic E-state index is 13.6. The number of hydrogen-bond acceptors (Lipinski definition) is 9. The molecule has 0 radical (unpaired) electrons. The fourth-order valence-electron chi connectivity index (χ4n) is 4.64. The molecule has 1 N–H and O–H groups in total. The van der Waals surface area contributed by atoms with Gasteiger partial charge in [-0.3, -0.25) is 9.88 Å². The van der Waals surface area contributed by atoms with Crippen LogP contribution in [0.4, 0.5) is 21.8 Å². The Kier molecular flexibility index (Phi) is 7.30. The Morgan fingerprint density at radius 2 is 1.89 bits per heavy atom. The molecule has 3 aromatic rings. The van der Waals surface area contributed by atoms with Gasteiger partial charge >= 0.3 is 0 Å². The quantitative estimate of drug-likeness (QED) is 0.539. The lowest BCUT2D eigenvalue weighted by atomic mass is 10.1. The highest BCUT2D eigenvalue weighted by Crippen LogP contribution is 2.27. The third-order valence-electron chi connectivity index (χ3n) is 6.75. The third kappa shape index (κ3) is 5.58. The van der Waals surface area contributed by atoms with Crippen LogP contribution in [0.1, 0.15) is 24.6 Å². The largest absolute Gasteiger partial charge is 0.352 e. The monoisotopic (exact) mass is 487 g/mol. The molecule has 0 spiro atoms. The summed E-state index contributed by atoms with van der Waals surface area (Å²) in [4.78, 5) is 24.7. The summed E-state index contributed by atoms with van der Waals surface area (Å²) in [5, 5.41) is 12.9. The normalized spacial score (nSPS) is 18.8. The maximum Gasteiger partial charge on any atom is 0.227 e. The molecule has 0 saturated carbocycles. The Balaban J connectivity index is 1.24. The molecule has 2 saturated heterocycles. The van der Waals surface area contributed by atoms with E-state index in [9.17, 15) is 9.65 Å². The molecule has 9 nitrogen and oxygen atoms in total. The summed E-state index contributed by atoms with van der Waals surface area (Å²) >= 11 is 0. The van der Waals surface area contributed by atoms with Crippen molar-refractivity contribution >= 4 is 17.5 Å². The van der Waals surface area contributed by atoms with Crippen LogP contribution in [0.2, 0.25) is 0 Å². The van der Waals surface area contributed by atoms with E-state index in [0.717, 1.165) is 50.6 Å². The number of pyridine rings is 2. The molecule has 0 amide bonds. The number of hydrogen-bond donors (Lipinski definition) is 1. The van der Waals surface area contributed by atoms with Gasteiger partial charge in [-0.15, -0.1) is 0 Å². The van der Waals surface area contributed by atoms with Crippen molar-refractivity contribution < 1.29 is 4.39 Å². The van der Waals surface area contributed by atoms with Gasteiger partial charge in [0.05, 0.1) is 35.4 Å². The molecule has 0 bridgehead atoms. The number of nitriles is 1. The van der Waals surface area contributed by atoms with E-state index in [4.69, 9.17) is 0 Å². The molecule has 2 aliphatic rings. The van der Waals surface area contributed by atoms with Crippen molar-refractivity contribution in [2.45, 2.75) is 26.1 Å². The van der Waals surface area contributed by atoms with Crippen LogP contribution < -0.4 is 10.2 Å². The van der Waals surface area contributed by atoms with Crippen molar-refractivity contribution in [3.05, 3.63) is 54.1 Å². The first-order valence-corrected chi connectivity index (χ1v) is 12.4. The molecule has 5 heterocycles. The van der Waals surface area contributed by atoms with Crippen LogP contribution in [-0.4, -0.2) is 81.7 Å². The number of anilines is 3. The number of nitrogens with zero attached hydrogens (tertiary/aromatic N) is 8. The minimum absolute atomic E-state index is 0.269. The number of aromatic nitrogens is 4. The summed E-state index contributed by atoms with van der Waals surface area (Å²) in [6, 6.07) is 9.73. The van der Waals surface area contributed by atoms with Crippen molar-refractivity contribution in [2.75, 3.05) is 56.0 Å². The summed E-state index contributed by atoms with van der Waals surface area (Å²) in [5.41, 5.74) is 3.59. The van der Waals surface area contributed by atoms with Gasteiger partial charge in [-0.25, -0.2) is 19.3 Å². The fraction of sp³-hybridized carbons (Fsp3) is 0.423. The molecule has 2 fully saturated rings. The first-order valence-electron chi connectivity index (χ1n) is 12.4. The summed E-state index contributed by atoms with van der Waals surface area (Å²) in [5.74, 6) is 0.951. The first-order chi connectivity index (χ1) is 17.6. The minimum atomic E-state index is -0.881. The van der Waals surface area contributed by atoms with Crippen LogP contribution in [0.15, 0.2) is 42.9 Å². The predicted molar refractivity (Wildman–Crippen MR) is 137 cm³/mol. The Morgan fingerprint density at radius 3 is 2.58 bits per heavy atom. The zero-order valence-corrected chi connectivity index (χ0v) is 20.4. The van der Waals surface area contributed by atoms with Gasteiger partial charge in [-0.05, 0) is 37.2 Å². The maximum absolute atomic E-state index is 13.6. The van der Waals surface area contributed by atoms with Crippen molar-refractivity contribution in [3.8, 4) is 17.3 Å². The average Bonchev–Trinajstić information content (AvgIpc) is 3.36. The van der Waals surface area contributed by atoms with E-state index < -0.39 is 6.17 Å². The highest BCUT2D eigenvalue weighted by Gasteiger charge is 2.25. The second-order valence-corrected chi connectivity index (χ2v) is 9.18. The Morgan fingerprint density at radius 1 is 1.06 bits per heavy atom. The average molecular weight is 488 g/mol. The van der Waals surface area contributed by atoms with Crippen LogP contribution in [0.3, 0.4) is 0 Å². The molecule has 2 aliphatic heterocycles. The van der Waals surface area contributed by atoms with Gasteiger partial charge in [-0.1, -0.05) is 6.92 Å². The van der Waals surface area contributed by atoms with Crippen molar-refractivity contribution in [3.63, 3.8) is 0 Å². The Hall–Kier alpha value is -3.68. The molecule has 0 aliphatic carbocycles. The number of likely N-dealkylation sites (N-methyl/N-ethyl adjacent to an activating group) is 1. The van der Waals surface area contributed by atoms with Gasteiger partial charge < -0.3 is 15.1 Å². The standard InChI is InChI=1S/C26H30FN9/c1-2-34-9-11-35(12-10-34)18-23-4-3-22(16-30-23)32-26-29-7-5-24(33-26)20-13-19(14-28)25(31-15-20)36-8-6-21(27)17-36/h3-5,7,13,15-16,21H,2,6,8-12,17-18H2,1H3,(H,29,32,33). The number of piperazine rings is 1. The van der Waals surface area contributed by atoms with E-state index in [1.165, 1.54) is 0 Å². The zero-order chi connectivity index (χ0) is 24.9. The molecule has 186 valence electrons. The molecule has 1 unspecified atom stereocenters. The number of halogens is 1. The van der Waals surface area contributed by atoms with Crippen molar-refractivity contribution in [2.24, 2.45) is 0 Å². The molecule has 3 aromatic heterocycles. The van der Waals surface area contributed by atoms with Gasteiger partial charge in [0, 0.05) is 57.2 Å². The van der Waals surface area contributed by atoms with Gasteiger partial charge in [0.1, 0.15) is 18.1 Å². The molecule has 0 aromatic carbocycles. The third-order valence-corrected chi connectivity index (χ3v) is 6.75. The Bertz CT molecular complexity index is 1220. The lowest BCUT2D eigenvalue weighted by Crippen LogP contribution is -2.45. The highest BCUT2D eigenvalue weighted by atomic mass is 19.1. The SMILES string of the molecule is CCN1CCN(Cc2ccc(Nc3nccc(-c4cnc(N5CCC(F)C5)c(C#N)c4)n3)cn2)CC1. The summed E-state index contributed by atoms with van der Waals surface area (Å²) in [6.07, 6.45) is 4.71. The topological polar surface area (TPSA) is 97.1 Å². The van der Waals surface area contributed by atoms with Gasteiger partial charge in [0.2, 0.25) is 5.95 Å². The van der Waals surface area contributed by atoms with Crippen LogP contribution in [0, 0.1) is 11.3 Å². The van der Waals surface area contributed by atoms with E-state index in [-0.39, 0.29) is 6.54 Å². The molecule has 10 heteroatoms. The summed E-state index contributed by atoms with van der Waals surface area (Å²) in [7, 11) is 0. The molecule has 36 heavy (non-hydrogen) atoms. The van der Waals surface area contributed by atoms with Gasteiger partial charge in [0.15, 0.2) is 0 Å².